The first-order valence-electron chi connectivity index (χ1n) is 10.7. The zero-order chi connectivity index (χ0) is 24.7. The van der Waals surface area contributed by atoms with Gasteiger partial charge in [0.05, 0.1) is 11.9 Å². The summed E-state index contributed by atoms with van der Waals surface area (Å²) in [7, 11) is 6.17. The molecule has 34 heavy (non-hydrogen) atoms. The Hall–Kier alpha value is -3.62. The Morgan fingerprint density at radius 3 is 2.44 bits per heavy atom. The number of likely N-dealkylation sites (N-methyl/N-ethyl adjacent to an activating group) is 2. The van der Waals surface area contributed by atoms with Gasteiger partial charge in [-0.25, -0.2) is 9.37 Å². The van der Waals surface area contributed by atoms with Gasteiger partial charge in [0.15, 0.2) is 5.82 Å². The number of halogens is 2. The van der Waals surface area contributed by atoms with Crippen LogP contribution in [0, 0.1) is 5.82 Å². The number of hydrogen-bond donors (Lipinski definition) is 3. The fourth-order valence-electron chi connectivity index (χ4n) is 2.99. The van der Waals surface area contributed by atoms with Crippen molar-refractivity contribution >= 4 is 46.1 Å². The van der Waals surface area contributed by atoms with E-state index in [2.05, 4.69) is 70.0 Å². The van der Waals surface area contributed by atoms with Crippen molar-refractivity contribution in [1.82, 2.24) is 14.9 Å². The zero-order valence-electron chi connectivity index (χ0n) is 19.6. The van der Waals surface area contributed by atoms with E-state index in [1.54, 1.807) is 18.2 Å². The lowest BCUT2D eigenvalue weighted by Gasteiger charge is -2.21. The van der Waals surface area contributed by atoms with Gasteiger partial charge in [-0.15, -0.1) is 0 Å². The standard InChI is InChI=1S/C25H29ClFN7/c1-6-17(2)29-19-9-12-22(27)23(15-19)31-24-21(26)16-28-25(32-24)30-18-7-10-20(11-8-18)34(5)14-13-33(3)4/h6-12,15-16,29H,1-2,13-14H2,3-5H3,(H2,28,30,31,32). The van der Waals surface area contributed by atoms with E-state index in [4.69, 9.17) is 11.6 Å². The zero-order valence-corrected chi connectivity index (χ0v) is 20.3. The monoisotopic (exact) mass is 481 g/mol. The van der Waals surface area contributed by atoms with E-state index >= 15 is 0 Å². The number of allylic oxidation sites excluding steroid dienone is 1. The maximum absolute atomic E-state index is 14.4. The van der Waals surface area contributed by atoms with Crippen LogP contribution in [0.1, 0.15) is 0 Å². The van der Waals surface area contributed by atoms with Crippen molar-refractivity contribution in [1.29, 1.82) is 0 Å². The SMILES string of the molecule is C=CC(=C)Nc1ccc(F)c(Nc2nc(Nc3ccc(N(C)CCN(C)C)cc3)ncc2Cl)c1. The normalized spacial score (nSPS) is 10.6. The minimum atomic E-state index is -0.451. The molecule has 3 aromatic rings. The average Bonchev–Trinajstić information content (AvgIpc) is 2.82. The van der Waals surface area contributed by atoms with Gasteiger partial charge in [0.1, 0.15) is 10.8 Å². The predicted molar refractivity (Wildman–Crippen MR) is 141 cm³/mol. The predicted octanol–water partition coefficient (Wildman–Crippen LogP) is 5.87. The van der Waals surface area contributed by atoms with Crippen molar-refractivity contribution in [2.45, 2.75) is 0 Å². The molecule has 7 nitrogen and oxygen atoms in total. The van der Waals surface area contributed by atoms with Gasteiger partial charge < -0.3 is 25.8 Å². The van der Waals surface area contributed by atoms with Gasteiger partial charge in [0.2, 0.25) is 5.95 Å². The first-order chi connectivity index (χ1) is 16.2. The summed E-state index contributed by atoms with van der Waals surface area (Å²) in [6, 6.07) is 12.5. The third-order valence-corrected chi connectivity index (χ3v) is 5.24. The van der Waals surface area contributed by atoms with E-state index in [0.717, 1.165) is 24.5 Å². The first kappa shape index (κ1) is 25.0. The van der Waals surface area contributed by atoms with Crippen LogP contribution in [0.15, 0.2) is 73.6 Å². The van der Waals surface area contributed by atoms with Gasteiger partial charge in [-0.05, 0) is 62.6 Å². The molecule has 0 aliphatic heterocycles. The summed E-state index contributed by atoms with van der Waals surface area (Å²) in [5.74, 6) is 0.154. The second-order valence-electron chi connectivity index (χ2n) is 7.96. The molecule has 0 saturated heterocycles. The Labute approximate surface area is 205 Å². The van der Waals surface area contributed by atoms with Crippen LogP contribution < -0.4 is 20.9 Å². The maximum atomic E-state index is 14.4. The van der Waals surface area contributed by atoms with Crippen LogP contribution in [0.4, 0.5) is 38.9 Å². The number of rotatable bonds is 11. The molecule has 0 bridgehead atoms. The van der Waals surface area contributed by atoms with E-state index < -0.39 is 5.82 Å². The topological polar surface area (TPSA) is 68.4 Å². The number of anilines is 6. The summed E-state index contributed by atoms with van der Waals surface area (Å²) < 4.78 is 14.4. The lowest BCUT2D eigenvalue weighted by atomic mass is 10.2. The summed E-state index contributed by atoms with van der Waals surface area (Å²) in [5, 5.41) is 9.39. The molecule has 0 amide bonds. The van der Waals surface area contributed by atoms with Crippen molar-refractivity contribution in [3.63, 3.8) is 0 Å². The van der Waals surface area contributed by atoms with Crippen LogP contribution in [-0.4, -0.2) is 49.1 Å². The highest BCUT2D eigenvalue weighted by molar-refractivity contribution is 6.32. The molecule has 1 aromatic heterocycles. The number of nitrogens with one attached hydrogen (secondary N) is 3. The van der Waals surface area contributed by atoms with Gasteiger partial charge in [0, 0.05) is 42.9 Å². The molecular weight excluding hydrogens is 453 g/mol. The summed E-state index contributed by atoms with van der Waals surface area (Å²) in [6.07, 6.45) is 3.03. The van der Waals surface area contributed by atoms with Crippen molar-refractivity contribution in [3.8, 4) is 0 Å². The first-order valence-corrected chi connectivity index (χ1v) is 11.0. The lowest BCUT2D eigenvalue weighted by Crippen LogP contribution is -2.28. The van der Waals surface area contributed by atoms with E-state index in [0.29, 0.717) is 17.3 Å². The number of nitrogens with zero attached hydrogens (tertiary/aromatic N) is 4. The third-order valence-electron chi connectivity index (χ3n) is 4.96. The van der Waals surface area contributed by atoms with Crippen LogP contribution in [0.3, 0.4) is 0 Å². The van der Waals surface area contributed by atoms with Crippen molar-refractivity contribution in [2.24, 2.45) is 0 Å². The van der Waals surface area contributed by atoms with E-state index in [9.17, 15) is 4.39 Å². The van der Waals surface area contributed by atoms with Gasteiger partial charge >= 0.3 is 0 Å². The van der Waals surface area contributed by atoms with Crippen molar-refractivity contribution < 1.29 is 4.39 Å². The summed E-state index contributed by atoms with van der Waals surface area (Å²) in [6.45, 7) is 9.34. The Morgan fingerprint density at radius 1 is 1.06 bits per heavy atom. The minimum Gasteiger partial charge on any atom is -0.373 e. The summed E-state index contributed by atoms with van der Waals surface area (Å²) in [5.41, 5.74) is 3.37. The summed E-state index contributed by atoms with van der Waals surface area (Å²) >= 11 is 6.27. The Bertz CT molecular complexity index is 1150. The number of benzene rings is 2. The maximum Gasteiger partial charge on any atom is 0.229 e. The quantitative estimate of drug-likeness (QED) is 0.296. The van der Waals surface area contributed by atoms with Crippen LogP contribution in [0.25, 0.3) is 0 Å². The molecule has 0 atom stereocenters. The average molecular weight is 482 g/mol. The van der Waals surface area contributed by atoms with Gasteiger partial charge in [-0.2, -0.15) is 4.98 Å². The molecule has 3 rings (SSSR count). The van der Waals surface area contributed by atoms with Gasteiger partial charge in [-0.1, -0.05) is 24.8 Å². The van der Waals surface area contributed by atoms with Crippen LogP contribution >= 0.6 is 11.6 Å². The second kappa shape index (κ2) is 11.5. The molecular formula is C25H29ClFN7. The molecule has 0 radical (unpaired) electrons. The molecule has 2 aromatic carbocycles. The number of hydrogen-bond acceptors (Lipinski definition) is 7. The highest BCUT2D eigenvalue weighted by atomic mass is 35.5. The molecule has 178 valence electrons. The molecule has 0 aliphatic rings. The Balaban J connectivity index is 1.73. The third kappa shape index (κ3) is 6.94. The van der Waals surface area contributed by atoms with Gasteiger partial charge in [-0.3, -0.25) is 0 Å². The molecule has 1 heterocycles. The second-order valence-corrected chi connectivity index (χ2v) is 8.37. The molecule has 9 heteroatoms. The molecule has 0 unspecified atom stereocenters. The van der Waals surface area contributed by atoms with Crippen molar-refractivity contribution in [2.75, 3.05) is 55.1 Å². The van der Waals surface area contributed by atoms with Crippen LogP contribution in [0.5, 0.6) is 0 Å². The molecule has 0 saturated carbocycles. The Morgan fingerprint density at radius 2 is 1.76 bits per heavy atom. The van der Waals surface area contributed by atoms with E-state index in [1.807, 2.05) is 24.3 Å². The highest BCUT2D eigenvalue weighted by Crippen LogP contribution is 2.28. The lowest BCUT2D eigenvalue weighted by molar-refractivity contribution is 0.416. The van der Waals surface area contributed by atoms with Gasteiger partial charge in [0.25, 0.3) is 0 Å². The fraction of sp³-hybridized carbons (Fsp3) is 0.200. The van der Waals surface area contributed by atoms with E-state index in [1.165, 1.54) is 12.3 Å². The van der Waals surface area contributed by atoms with E-state index in [-0.39, 0.29) is 16.5 Å². The molecule has 0 fully saturated rings. The molecule has 0 spiro atoms. The van der Waals surface area contributed by atoms with Crippen LogP contribution in [0.2, 0.25) is 5.02 Å². The number of aromatic nitrogens is 2. The molecule has 3 N–H and O–H groups in total. The summed E-state index contributed by atoms with van der Waals surface area (Å²) in [4.78, 5) is 13.0. The van der Waals surface area contributed by atoms with Crippen LogP contribution in [-0.2, 0) is 0 Å². The fourth-order valence-corrected chi connectivity index (χ4v) is 3.12. The molecule has 0 aliphatic carbocycles. The smallest absolute Gasteiger partial charge is 0.229 e. The Kier molecular flexibility index (Phi) is 8.45. The minimum absolute atomic E-state index is 0.207. The highest BCUT2D eigenvalue weighted by Gasteiger charge is 2.11. The largest absolute Gasteiger partial charge is 0.373 e. The van der Waals surface area contributed by atoms with Crippen molar-refractivity contribution in [3.05, 3.63) is 84.4 Å².